The van der Waals surface area contributed by atoms with Gasteiger partial charge in [0.15, 0.2) is 0 Å². The molecule has 15 heavy (non-hydrogen) atoms. The number of aliphatic hydroxyl groups is 1. The highest BCUT2D eigenvalue weighted by Gasteiger charge is 2.21. The Hall–Kier alpha value is -0.540. The number of aliphatic hydroxyl groups excluding tert-OH is 1. The van der Waals surface area contributed by atoms with E-state index in [-0.39, 0.29) is 6.10 Å². The SMILES string of the molecule is Cc1cc2c(c(C)c1Br)[C@@H](O)CCCO2. The van der Waals surface area contributed by atoms with Gasteiger partial charge < -0.3 is 9.84 Å². The molecule has 0 saturated heterocycles. The molecule has 0 bridgehead atoms. The predicted octanol–water partition coefficient (Wildman–Crippen LogP) is 3.27. The van der Waals surface area contributed by atoms with Crippen molar-refractivity contribution in [1.29, 1.82) is 0 Å². The summed E-state index contributed by atoms with van der Waals surface area (Å²) in [4.78, 5) is 0. The van der Waals surface area contributed by atoms with E-state index in [9.17, 15) is 5.11 Å². The maximum absolute atomic E-state index is 10.0. The third kappa shape index (κ3) is 1.91. The first kappa shape index (κ1) is 11.0. The second-order valence-corrected chi connectivity index (χ2v) is 4.84. The highest BCUT2D eigenvalue weighted by atomic mass is 79.9. The standard InChI is InChI=1S/C12H15BrO2/c1-7-6-10-11(8(2)12(7)13)9(14)4-3-5-15-10/h6,9,14H,3-5H2,1-2H3/t9-/m0/s1. The molecule has 1 aromatic rings. The summed E-state index contributed by atoms with van der Waals surface area (Å²) in [7, 11) is 0. The summed E-state index contributed by atoms with van der Waals surface area (Å²) < 4.78 is 6.73. The van der Waals surface area contributed by atoms with Crippen molar-refractivity contribution in [3.05, 3.63) is 27.2 Å². The lowest BCUT2D eigenvalue weighted by Crippen LogP contribution is -2.01. The summed E-state index contributed by atoms with van der Waals surface area (Å²) >= 11 is 3.54. The fourth-order valence-electron chi connectivity index (χ4n) is 2.07. The van der Waals surface area contributed by atoms with Crippen LogP contribution in [0.2, 0.25) is 0 Å². The van der Waals surface area contributed by atoms with Gasteiger partial charge in [-0.05, 0) is 43.9 Å². The Labute approximate surface area is 98.4 Å². The summed E-state index contributed by atoms with van der Waals surface area (Å²) in [6.07, 6.45) is 1.30. The average Bonchev–Trinajstić information content (AvgIpc) is 2.37. The largest absolute Gasteiger partial charge is 0.493 e. The molecule has 1 aliphatic heterocycles. The lowest BCUT2D eigenvalue weighted by molar-refractivity contribution is 0.166. The van der Waals surface area contributed by atoms with E-state index in [1.165, 1.54) is 0 Å². The molecule has 1 heterocycles. The van der Waals surface area contributed by atoms with Crippen LogP contribution in [0.4, 0.5) is 0 Å². The molecule has 0 fully saturated rings. The first-order valence-electron chi connectivity index (χ1n) is 5.21. The first-order chi connectivity index (χ1) is 7.11. The molecule has 0 aliphatic carbocycles. The smallest absolute Gasteiger partial charge is 0.125 e. The van der Waals surface area contributed by atoms with Crippen molar-refractivity contribution < 1.29 is 9.84 Å². The lowest BCUT2D eigenvalue weighted by Gasteiger charge is -2.17. The third-order valence-corrected chi connectivity index (χ3v) is 4.13. The number of halogens is 1. The molecule has 0 spiro atoms. The Kier molecular flexibility index (Phi) is 3.03. The topological polar surface area (TPSA) is 29.5 Å². The zero-order valence-electron chi connectivity index (χ0n) is 9.01. The molecule has 0 unspecified atom stereocenters. The number of benzene rings is 1. The van der Waals surface area contributed by atoms with Crippen molar-refractivity contribution in [3.8, 4) is 5.75 Å². The molecule has 82 valence electrons. The molecule has 3 heteroatoms. The summed E-state index contributed by atoms with van der Waals surface area (Å²) in [5.74, 6) is 0.846. The number of hydrogen-bond acceptors (Lipinski definition) is 2. The molecule has 0 aromatic heterocycles. The van der Waals surface area contributed by atoms with Gasteiger partial charge in [0.2, 0.25) is 0 Å². The Morgan fingerprint density at radius 1 is 1.47 bits per heavy atom. The normalized spacial score (nSPS) is 20.4. The number of fused-ring (bicyclic) bond motifs is 1. The summed E-state index contributed by atoms with van der Waals surface area (Å²) in [5, 5.41) is 10.0. The van der Waals surface area contributed by atoms with Gasteiger partial charge in [-0.3, -0.25) is 0 Å². The van der Waals surface area contributed by atoms with Crippen LogP contribution in [0.5, 0.6) is 5.75 Å². The highest BCUT2D eigenvalue weighted by molar-refractivity contribution is 9.10. The van der Waals surface area contributed by atoms with E-state index in [0.717, 1.165) is 39.8 Å². The molecule has 1 aliphatic rings. The number of rotatable bonds is 0. The zero-order chi connectivity index (χ0) is 11.0. The summed E-state index contributed by atoms with van der Waals surface area (Å²) in [6.45, 7) is 4.76. The number of ether oxygens (including phenoxy) is 1. The van der Waals surface area contributed by atoms with E-state index in [1.807, 2.05) is 19.9 Å². The fourth-order valence-corrected chi connectivity index (χ4v) is 2.40. The zero-order valence-corrected chi connectivity index (χ0v) is 10.6. The minimum Gasteiger partial charge on any atom is -0.493 e. The average molecular weight is 271 g/mol. The van der Waals surface area contributed by atoms with Crippen molar-refractivity contribution in [2.75, 3.05) is 6.61 Å². The predicted molar refractivity (Wildman–Crippen MR) is 63.3 cm³/mol. The van der Waals surface area contributed by atoms with Crippen molar-refractivity contribution in [3.63, 3.8) is 0 Å². The van der Waals surface area contributed by atoms with Crippen LogP contribution in [-0.4, -0.2) is 11.7 Å². The van der Waals surface area contributed by atoms with Crippen LogP contribution in [0.1, 0.15) is 35.6 Å². The third-order valence-electron chi connectivity index (χ3n) is 2.91. The minimum atomic E-state index is -0.389. The van der Waals surface area contributed by atoms with Crippen LogP contribution in [-0.2, 0) is 0 Å². The van der Waals surface area contributed by atoms with Crippen LogP contribution >= 0.6 is 15.9 Å². The van der Waals surface area contributed by atoms with Crippen LogP contribution in [0, 0.1) is 13.8 Å². The molecular weight excluding hydrogens is 256 g/mol. The van der Waals surface area contributed by atoms with E-state index in [0.29, 0.717) is 6.61 Å². The monoisotopic (exact) mass is 270 g/mol. The maximum atomic E-state index is 10.0. The minimum absolute atomic E-state index is 0.389. The van der Waals surface area contributed by atoms with Gasteiger partial charge in [0, 0.05) is 10.0 Å². The van der Waals surface area contributed by atoms with Crippen LogP contribution in [0.15, 0.2) is 10.5 Å². The number of hydrogen-bond donors (Lipinski definition) is 1. The summed E-state index contributed by atoms with van der Waals surface area (Å²) in [6, 6.07) is 2.00. The van der Waals surface area contributed by atoms with Crippen molar-refractivity contribution in [2.45, 2.75) is 32.8 Å². The van der Waals surface area contributed by atoms with E-state index >= 15 is 0 Å². The van der Waals surface area contributed by atoms with E-state index in [2.05, 4.69) is 15.9 Å². The highest BCUT2D eigenvalue weighted by Crippen LogP contribution is 2.38. The van der Waals surface area contributed by atoms with E-state index in [4.69, 9.17) is 4.74 Å². The molecule has 2 rings (SSSR count). The lowest BCUT2D eigenvalue weighted by atomic mass is 9.98. The van der Waals surface area contributed by atoms with Crippen molar-refractivity contribution in [2.24, 2.45) is 0 Å². The quantitative estimate of drug-likeness (QED) is 0.784. The molecule has 0 saturated carbocycles. The van der Waals surface area contributed by atoms with Gasteiger partial charge in [0.1, 0.15) is 5.75 Å². The Bertz CT molecular complexity index is 388. The van der Waals surface area contributed by atoms with Gasteiger partial charge in [-0.15, -0.1) is 0 Å². The van der Waals surface area contributed by atoms with E-state index < -0.39 is 0 Å². The first-order valence-corrected chi connectivity index (χ1v) is 6.01. The van der Waals surface area contributed by atoms with Gasteiger partial charge in [0.25, 0.3) is 0 Å². The molecular formula is C12H15BrO2. The second kappa shape index (κ2) is 4.14. The molecule has 1 aromatic carbocycles. The van der Waals surface area contributed by atoms with Crippen molar-refractivity contribution in [1.82, 2.24) is 0 Å². The molecule has 0 radical (unpaired) electrons. The maximum Gasteiger partial charge on any atom is 0.125 e. The van der Waals surface area contributed by atoms with Crippen molar-refractivity contribution >= 4 is 15.9 Å². The summed E-state index contributed by atoms with van der Waals surface area (Å²) in [5.41, 5.74) is 3.20. The molecule has 1 N–H and O–H groups in total. The van der Waals surface area contributed by atoms with E-state index in [1.54, 1.807) is 0 Å². The van der Waals surface area contributed by atoms with Gasteiger partial charge in [-0.2, -0.15) is 0 Å². The Morgan fingerprint density at radius 2 is 2.20 bits per heavy atom. The van der Waals surface area contributed by atoms with Crippen LogP contribution in [0.3, 0.4) is 0 Å². The molecule has 2 nitrogen and oxygen atoms in total. The van der Waals surface area contributed by atoms with Gasteiger partial charge in [0.05, 0.1) is 12.7 Å². The van der Waals surface area contributed by atoms with Gasteiger partial charge in [-0.25, -0.2) is 0 Å². The van der Waals surface area contributed by atoms with Gasteiger partial charge >= 0.3 is 0 Å². The molecule has 0 amide bonds. The van der Waals surface area contributed by atoms with Crippen LogP contribution < -0.4 is 4.74 Å². The Morgan fingerprint density at radius 3 is 2.93 bits per heavy atom. The Balaban J connectivity index is 2.61. The molecule has 1 atom stereocenters. The number of aryl methyl sites for hydroxylation is 1. The second-order valence-electron chi connectivity index (χ2n) is 4.05. The van der Waals surface area contributed by atoms with Crippen LogP contribution in [0.25, 0.3) is 0 Å². The fraction of sp³-hybridized carbons (Fsp3) is 0.500. The van der Waals surface area contributed by atoms with Gasteiger partial charge in [-0.1, -0.05) is 15.9 Å².